The predicted octanol–water partition coefficient (Wildman–Crippen LogP) is 1.02. The summed E-state index contributed by atoms with van der Waals surface area (Å²) in [6.07, 6.45) is 0.788. The fourth-order valence-electron chi connectivity index (χ4n) is 0.839. The highest BCUT2D eigenvalue weighted by Crippen LogP contribution is 2.11. The third kappa shape index (κ3) is 2.78. The highest BCUT2D eigenvalue weighted by atomic mass is 16.5. The number of aromatic nitrogens is 2. The van der Waals surface area contributed by atoms with Crippen LogP contribution in [-0.2, 0) is 11.3 Å². The topological polar surface area (TPSA) is 74.2 Å². The lowest BCUT2D eigenvalue weighted by Gasteiger charge is -2.00. The molecule has 1 atom stereocenters. The average Bonchev–Trinajstić information content (AvgIpc) is 2.62. The highest BCUT2D eigenvalue weighted by Gasteiger charge is 2.11. The maximum atomic E-state index is 5.70. The van der Waals surface area contributed by atoms with Crippen molar-refractivity contribution in [2.75, 3.05) is 6.61 Å². The lowest BCUT2D eigenvalue weighted by molar-refractivity contribution is 0.113. The summed E-state index contributed by atoms with van der Waals surface area (Å²) in [5, 5.41) is 7.62. The van der Waals surface area contributed by atoms with Crippen LogP contribution in [0.3, 0.4) is 0 Å². The monoisotopic (exact) mass is 185 g/mol. The van der Waals surface area contributed by atoms with Crippen LogP contribution in [0.25, 0.3) is 0 Å². The largest absolute Gasteiger partial charge is 0.421 e. The van der Waals surface area contributed by atoms with Crippen LogP contribution in [0.15, 0.2) is 4.42 Å². The van der Waals surface area contributed by atoms with Gasteiger partial charge in [0.05, 0.1) is 6.04 Å². The molecule has 1 aromatic rings. The number of ether oxygens (including phenoxy) is 1. The van der Waals surface area contributed by atoms with Crippen LogP contribution >= 0.6 is 0 Å². The first-order chi connectivity index (χ1) is 6.27. The van der Waals surface area contributed by atoms with Gasteiger partial charge in [0.25, 0.3) is 0 Å². The molecular formula is C8H15N3O2. The molecule has 5 nitrogen and oxygen atoms in total. The Kier molecular flexibility index (Phi) is 3.85. The van der Waals surface area contributed by atoms with Gasteiger partial charge >= 0.3 is 0 Å². The van der Waals surface area contributed by atoms with Crippen LogP contribution in [0.4, 0.5) is 0 Å². The van der Waals surface area contributed by atoms with E-state index in [1.807, 2.05) is 13.8 Å². The summed E-state index contributed by atoms with van der Waals surface area (Å²) in [5.41, 5.74) is 5.70. The molecule has 0 bridgehead atoms. The summed E-state index contributed by atoms with van der Waals surface area (Å²) in [6, 6.07) is -0.164. The lowest BCUT2D eigenvalue weighted by atomic mass is 10.2. The number of nitrogens with zero attached hydrogens (tertiary/aromatic N) is 2. The molecule has 0 aliphatic heterocycles. The van der Waals surface area contributed by atoms with Crippen molar-refractivity contribution >= 4 is 0 Å². The van der Waals surface area contributed by atoms with Gasteiger partial charge in [0.2, 0.25) is 11.8 Å². The Morgan fingerprint density at radius 2 is 2.23 bits per heavy atom. The van der Waals surface area contributed by atoms with Gasteiger partial charge in [0.1, 0.15) is 6.61 Å². The van der Waals surface area contributed by atoms with Crippen molar-refractivity contribution in [1.29, 1.82) is 0 Å². The average molecular weight is 185 g/mol. The van der Waals surface area contributed by atoms with Crippen LogP contribution in [-0.4, -0.2) is 16.8 Å². The number of nitrogens with two attached hydrogens (primary N) is 1. The van der Waals surface area contributed by atoms with E-state index in [2.05, 4.69) is 10.2 Å². The minimum Gasteiger partial charge on any atom is -0.421 e. The van der Waals surface area contributed by atoms with Crippen molar-refractivity contribution in [2.24, 2.45) is 5.73 Å². The van der Waals surface area contributed by atoms with E-state index in [0.717, 1.165) is 6.42 Å². The molecule has 0 aromatic carbocycles. The molecular weight excluding hydrogens is 170 g/mol. The second-order valence-electron chi connectivity index (χ2n) is 2.69. The van der Waals surface area contributed by atoms with Crippen molar-refractivity contribution in [2.45, 2.75) is 32.9 Å². The van der Waals surface area contributed by atoms with Gasteiger partial charge in [-0.1, -0.05) is 6.92 Å². The van der Waals surface area contributed by atoms with E-state index in [1.165, 1.54) is 0 Å². The highest BCUT2D eigenvalue weighted by molar-refractivity contribution is 4.86. The van der Waals surface area contributed by atoms with Crippen LogP contribution in [0.2, 0.25) is 0 Å². The molecule has 0 fully saturated rings. The molecule has 13 heavy (non-hydrogen) atoms. The third-order valence-electron chi connectivity index (χ3n) is 1.67. The van der Waals surface area contributed by atoms with Gasteiger partial charge in [-0.15, -0.1) is 10.2 Å². The Hall–Kier alpha value is -0.940. The van der Waals surface area contributed by atoms with E-state index in [0.29, 0.717) is 25.0 Å². The van der Waals surface area contributed by atoms with E-state index in [1.54, 1.807) is 0 Å². The first kappa shape index (κ1) is 10.1. The van der Waals surface area contributed by atoms with Crippen molar-refractivity contribution in [3.05, 3.63) is 11.8 Å². The second kappa shape index (κ2) is 4.94. The van der Waals surface area contributed by atoms with Gasteiger partial charge in [-0.05, 0) is 13.3 Å². The first-order valence-corrected chi connectivity index (χ1v) is 4.43. The van der Waals surface area contributed by atoms with Crippen LogP contribution < -0.4 is 5.73 Å². The molecule has 0 aliphatic carbocycles. The summed E-state index contributed by atoms with van der Waals surface area (Å²) >= 11 is 0. The molecule has 1 aromatic heterocycles. The van der Waals surface area contributed by atoms with E-state index >= 15 is 0 Å². The molecule has 5 heteroatoms. The van der Waals surface area contributed by atoms with Crippen molar-refractivity contribution < 1.29 is 9.15 Å². The molecule has 0 saturated carbocycles. The summed E-state index contributed by atoms with van der Waals surface area (Å²) in [7, 11) is 0. The number of hydrogen-bond acceptors (Lipinski definition) is 5. The van der Waals surface area contributed by atoms with E-state index < -0.39 is 0 Å². The second-order valence-corrected chi connectivity index (χ2v) is 2.69. The molecule has 0 amide bonds. The van der Waals surface area contributed by atoms with E-state index in [4.69, 9.17) is 14.9 Å². The SMILES string of the molecule is CCOCc1nnc(C(N)CC)o1. The zero-order chi connectivity index (χ0) is 9.68. The smallest absolute Gasteiger partial charge is 0.242 e. The van der Waals surface area contributed by atoms with Gasteiger partial charge in [0.15, 0.2) is 0 Å². The van der Waals surface area contributed by atoms with E-state index in [9.17, 15) is 0 Å². The summed E-state index contributed by atoms with van der Waals surface area (Å²) in [6.45, 7) is 4.88. The third-order valence-corrected chi connectivity index (χ3v) is 1.67. The van der Waals surface area contributed by atoms with Crippen LogP contribution in [0.5, 0.6) is 0 Å². The van der Waals surface area contributed by atoms with Crippen molar-refractivity contribution in [3.63, 3.8) is 0 Å². The lowest BCUT2D eigenvalue weighted by Crippen LogP contribution is -2.08. The normalized spacial score (nSPS) is 13.2. The van der Waals surface area contributed by atoms with Gasteiger partial charge in [-0.2, -0.15) is 0 Å². The molecule has 1 unspecified atom stereocenters. The molecule has 0 radical (unpaired) electrons. The zero-order valence-electron chi connectivity index (χ0n) is 7.99. The Balaban J connectivity index is 2.53. The molecule has 74 valence electrons. The molecule has 1 rings (SSSR count). The Labute approximate surface area is 77.3 Å². The minimum atomic E-state index is -0.164. The fraction of sp³-hybridized carbons (Fsp3) is 0.750. The minimum absolute atomic E-state index is 0.164. The van der Waals surface area contributed by atoms with Crippen molar-refractivity contribution in [3.8, 4) is 0 Å². The van der Waals surface area contributed by atoms with Gasteiger partial charge < -0.3 is 14.9 Å². The van der Waals surface area contributed by atoms with Crippen LogP contribution in [0, 0.1) is 0 Å². The molecule has 0 aliphatic rings. The predicted molar refractivity (Wildman–Crippen MR) is 46.8 cm³/mol. The maximum Gasteiger partial charge on any atom is 0.242 e. The quantitative estimate of drug-likeness (QED) is 0.741. The molecule has 1 heterocycles. The first-order valence-electron chi connectivity index (χ1n) is 4.43. The fourth-order valence-corrected chi connectivity index (χ4v) is 0.839. The summed E-state index contributed by atoms with van der Waals surface area (Å²) in [4.78, 5) is 0. The standard InChI is InChI=1S/C8H15N3O2/c1-3-6(9)8-11-10-7(13-8)5-12-4-2/h6H,3-5,9H2,1-2H3. The molecule has 0 spiro atoms. The Bertz CT molecular complexity index is 249. The van der Waals surface area contributed by atoms with Gasteiger partial charge in [-0.25, -0.2) is 0 Å². The molecule has 2 N–H and O–H groups in total. The number of hydrogen-bond donors (Lipinski definition) is 1. The van der Waals surface area contributed by atoms with E-state index in [-0.39, 0.29) is 6.04 Å². The van der Waals surface area contributed by atoms with Crippen molar-refractivity contribution in [1.82, 2.24) is 10.2 Å². The summed E-state index contributed by atoms with van der Waals surface area (Å²) in [5.74, 6) is 0.970. The maximum absolute atomic E-state index is 5.70. The van der Waals surface area contributed by atoms with Gasteiger partial charge in [-0.3, -0.25) is 0 Å². The van der Waals surface area contributed by atoms with Gasteiger partial charge in [0, 0.05) is 6.61 Å². The Morgan fingerprint density at radius 3 is 2.85 bits per heavy atom. The molecule has 0 saturated heterocycles. The zero-order valence-corrected chi connectivity index (χ0v) is 7.99. The Morgan fingerprint density at radius 1 is 1.46 bits per heavy atom. The van der Waals surface area contributed by atoms with Crippen LogP contribution in [0.1, 0.15) is 38.1 Å². The number of rotatable bonds is 5. The summed E-state index contributed by atoms with van der Waals surface area (Å²) < 4.78 is 10.4.